The van der Waals surface area contributed by atoms with Crippen molar-refractivity contribution in [3.8, 4) is 5.69 Å². The number of halogens is 1. The summed E-state index contributed by atoms with van der Waals surface area (Å²) in [6.45, 7) is 6.50. The van der Waals surface area contributed by atoms with E-state index >= 15 is 0 Å². The van der Waals surface area contributed by atoms with Crippen LogP contribution in [0.5, 0.6) is 0 Å². The summed E-state index contributed by atoms with van der Waals surface area (Å²) in [5.41, 5.74) is 2.33. The normalized spacial score (nSPS) is 11.5. The Morgan fingerprint density at radius 2 is 1.73 bits per heavy atom. The summed E-state index contributed by atoms with van der Waals surface area (Å²) >= 11 is 0. The smallest absolute Gasteiger partial charge is 0.320 e. The van der Waals surface area contributed by atoms with Crippen LogP contribution in [0.3, 0.4) is 0 Å². The van der Waals surface area contributed by atoms with Gasteiger partial charge in [-0.05, 0) is 42.2 Å². The van der Waals surface area contributed by atoms with Gasteiger partial charge >= 0.3 is 5.69 Å². The molecular formula is C23H23FN4O2. The summed E-state index contributed by atoms with van der Waals surface area (Å²) in [5, 5.41) is 0. The third kappa shape index (κ3) is 3.47. The average molecular weight is 406 g/mol. The molecule has 0 bridgehead atoms. The minimum Gasteiger partial charge on any atom is -0.320 e. The van der Waals surface area contributed by atoms with Gasteiger partial charge in [-0.1, -0.05) is 44.2 Å². The fourth-order valence-corrected chi connectivity index (χ4v) is 3.64. The Morgan fingerprint density at radius 1 is 1.03 bits per heavy atom. The van der Waals surface area contributed by atoms with Crippen LogP contribution in [0.25, 0.3) is 16.9 Å². The minimum absolute atomic E-state index is 0.117. The maximum atomic E-state index is 13.3. The Hall–Kier alpha value is -3.48. The lowest BCUT2D eigenvalue weighted by atomic mass is 10.2. The van der Waals surface area contributed by atoms with Gasteiger partial charge in [0, 0.05) is 13.1 Å². The second-order valence-electron chi connectivity index (χ2n) is 7.89. The molecule has 0 radical (unpaired) electrons. The molecule has 0 saturated carbocycles. The maximum Gasteiger partial charge on any atom is 0.337 e. The highest BCUT2D eigenvalue weighted by Crippen LogP contribution is 2.17. The van der Waals surface area contributed by atoms with Crippen molar-refractivity contribution < 1.29 is 4.39 Å². The number of nitrogens with zero attached hydrogens (tertiary/aromatic N) is 4. The lowest BCUT2D eigenvalue weighted by Crippen LogP contribution is -2.41. The molecule has 2 aromatic carbocycles. The van der Waals surface area contributed by atoms with Gasteiger partial charge in [0.1, 0.15) is 5.82 Å². The van der Waals surface area contributed by atoms with E-state index in [4.69, 9.17) is 0 Å². The number of hydrogen-bond donors (Lipinski definition) is 0. The number of rotatable bonds is 5. The van der Waals surface area contributed by atoms with E-state index in [9.17, 15) is 14.0 Å². The van der Waals surface area contributed by atoms with Crippen LogP contribution >= 0.6 is 0 Å². The third-order valence-corrected chi connectivity index (χ3v) is 5.07. The van der Waals surface area contributed by atoms with Gasteiger partial charge in [0.15, 0.2) is 11.2 Å². The first-order valence-electron chi connectivity index (χ1n) is 9.88. The Kier molecular flexibility index (Phi) is 5.11. The first-order valence-corrected chi connectivity index (χ1v) is 9.88. The molecule has 2 heterocycles. The molecule has 6 nitrogen and oxygen atoms in total. The van der Waals surface area contributed by atoms with Gasteiger partial charge in [-0.15, -0.1) is 0 Å². The predicted molar refractivity (Wildman–Crippen MR) is 115 cm³/mol. The van der Waals surface area contributed by atoms with Gasteiger partial charge in [-0.25, -0.2) is 18.7 Å². The van der Waals surface area contributed by atoms with Crippen molar-refractivity contribution >= 4 is 11.2 Å². The number of aromatic nitrogens is 4. The van der Waals surface area contributed by atoms with Crippen LogP contribution in [-0.4, -0.2) is 18.7 Å². The van der Waals surface area contributed by atoms with Crippen LogP contribution in [0.15, 0.2) is 64.4 Å². The molecule has 0 aliphatic rings. The Labute approximate surface area is 172 Å². The van der Waals surface area contributed by atoms with Gasteiger partial charge in [0.25, 0.3) is 5.56 Å². The van der Waals surface area contributed by atoms with Crippen LogP contribution in [0.4, 0.5) is 4.39 Å². The van der Waals surface area contributed by atoms with Crippen molar-refractivity contribution in [2.75, 3.05) is 0 Å². The van der Waals surface area contributed by atoms with E-state index in [2.05, 4.69) is 4.98 Å². The molecule has 30 heavy (non-hydrogen) atoms. The highest BCUT2D eigenvalue weighted by Gasteiger charge is 2.20. The molecule has 4 aromatic rings. The molecule has 0 atom stereocenters. The molecule has 0 aliphatic carbocycles. The van der Waals surface area contributed by atoms with Crippen molar-refractivity contribution in [1.82, 2.24) is 18.7 Å². The van der Waals surface area contributed by atoms with Crippen LogP contribution in [0.2, 0.25) is 0 Å². The highest BCUT2D eigenvalue weighted by atomic mass is 19.1. The van der Waals surface area contributed by atoms with E-state index in [-0.39, 0.29) is 17.3 Å². The molecule has 0 spiro atoms. The number of aryl methyl sites for hydroxylation is 1. The fraction of sp³-hybridized carbons (Fsp3) is 0.261. The summed E-state index contributed by atoms with van der Waals surface area (Å²) in [6, 6.07) is 13.6. The zero-order chi connectivity index (χ0) is 21.4. The average Bonchev–Trinajstić information content (AvgIpc) is 3.11. The molecular weight excluding hydrogens is 383 g/mol. The molecule has 4 rings (SSSR count). The van der Waals surface area contributed by atoms with Gasteiger partial charge < -0.3 is 4.57 Å². The summed E-state index contributed by atoms with van der Waals surface area (Å²) in [4.78, 5) is 31.1. The number of imidazole rings is 1. The second-order valence-corrected chi connectivity index (χ2v) is 7.89. The second kappa shape index (κ2) is 7.74. The van der Waals surface area contributed by atoms with Gasteiger partial charge in [-0.3, -0.25) is 9.36 Å². The fourth-order valence-electron chi connectivity index (χ4n) is 3.64. The Bertz CT molecular complexity index is 1330. The third-order valence-electron chi connectivity index (χ3n) is 5.07. The molecule has 0 saturated heterocycles. The Balaban J connectivity index is 2.01. The number of fused-ring (bicyclic) bond motifs is 1. The van der Waals surface area contributed by atoms with Crippen LogP contribution in [0, 0.1) is 18.7 Å². The molecule has 2 aromatic heterocycles. The SMILES string of the molecule is Cc1ccccc1-n1c(=O)n(CC(C)C)c(=O)c2c1ncn2Cc1ccc(F)cc1. The highest BCUT2D eigenvalue weighted by molar-refractivity contribution is 5.73. The van der Waals surface area contributed by atoms with Crippen molar-refractivity contribution in [3.05, 3.63) is 92.6 Å². The number of para-hydroxylation sites is 1. The van der Waals surface area contributed by atoms with E-state index < -0.39 is 5.69 Å². The summed E-state index contributed by atoms with van der Waals surface area (Å²) in [5.74, 6) is -0.200. The Morgan fingerprint density at radius 3 is 2.40 bits per heavy atom. The van der Waals surface area contributed by atoms with E-state index in [1.165, 1.54) is 21.3 Å². The summed E-state index contributed by atoms with van der Waals surface area (Å²) in [7, 11) is 0. The summed E-state index contributed by atoms with van der Waals surface area (Å²) < 4.78 is 17.8. The van der Waals surface area contributed by atoms with Crippen molar-refractivity contribution in [2.45, 2.75) is 33.9 Å². The maximum absolute atomic E-state index is 13.3. The topological polar surface area (TPSA) is 61.8 Å². The van der Waals surface area contributed by atoms with Crippen molar-refractivity contribution in [2.24, 2.45) is 5.92 Å². The van der Waals surface area contributed by atoms with Gasteiger partial charge in [0.05, 0.1) is 12.0 Å². The van der Waals surface area contributed by atoms with Crippen LogP contribution in [0.1, 0.15) is 25.0 Å². The predicted octanol–water partition coefficient (Wildman–Crippen LogP) is 3.50. The van der Waals surface area contributed by atoms with Crippen molar-refractivity contribution in [1.29, 1.82) is 0 Å². The van der Waals surface area contributed by atoms with Gasteiger partial charge in [-0.2, -0.15) is 0 Å². The molecule has 0 aliphatic heterocycles. The van der Waals surface area contributed by atoms with E-state index in [0.29, 0.717) is 29.9 Å². The van der Waals surface area contributed by atoms with Gasteiger partial charge in [0.2, 0.25) is 0 Å². The molecule has 0 N–H and O–H groups in total. The first-order chi connectivity index (χ1) is 14.4. The molecule has 7 heteroatoms. The molecule has 154 valence electrons. The molecule has 0 unspecified atom stereocenters. The van der Waals surface area contributed by atoms with Crippen LogP contribution < -0.4 is 11.2 Å². The van der Waals surface area contributed by atoms with E-state index in [1.54, 1.807) is 23.0 Å². The lowest BCUT2D eigenvalue weighted by molar-refractivity contribution is 0.488. The standard InChI is InChI=1S/C23H23FN4O2/c1-15(2)12-27-22(29)20-21(28(23(27)30)19-7-5-4-6-16(19)3)25-14-26(20)13-17-8-10-18(24)11-9-17/h4-11,14-15H,12-13H2,1-3H3. The number of benzene rings is 2. The quantitative estimate of drug-likeness (QED) is 0.510. The zero-order valence-corrected chi connectivity index (χ0v) is 17.2. The van der Waals surface area contributed by atoms with Crippen LogP contribution in [-0.2, 0) is 13.1 Å². The molecule has 0 amide bonds. The molecule has 0 fully saturated rings. The lowest BCUT2D eigenvalue weighted by Gasteiger charge is -2.15. The monoisotopic (exact) mass is 406 g/mol. The number of hydrogen-bond acceptors (Lipinski definition) is 3. The van der Waals surface area contributed by atoms with E-state index in [1.807, 2.05) is 45.0 Å². The van der Waals surface area contributed by atoms with E-state index in [0.717, 1.165) is 11.1 Å². The zero-order valence-electron chi connectivity index (χ0n) is 17.2. The summed E-state index contributed by atoms with van der Waals surface area (Å²) in [6.07, 6.45) is 1.56. The minimum atomic E-state index is -0.400. The van der Waals surface area contributed by atoms with Crippen molar-refractivity contribution in [3.63, 3.8) is 0 Å². The first kappa shape index (κ1) is 19.8. The largest absolute Gasteiger partial charge is 0.337 e.